The van der Waals surface area contributed by atoms with Crippen molar-refractivity contribution in [2.24, 2.45) is 0 Å². The number of aromatic nitrogens is 2. The molecule has 11 heteroatoms. The fourth-order valence-electron chi connectivity index (χ4n) is 3.45. The third-order valence-electron chi connectivity index (χ3n) is 5.93. The second kappa shape index (κ2) is 9.90. The summed E-state index contributed by atoms with van der Waals surface area (Å²) in [5, 5.41) is 4.20. The van der Waals surface area contributed by atoms with Gasteiger partial charge in [-0.25, -0.2) is 9.78 Å². The summed E-state index contributed by atoms with van der Waals surface area (Å²) in [6.45, 7) is 10.6. The van der Waals surface area contributed by atoms with E-state index in [0.717, 1.165) is 16.7 Å². The Morgan fingerprint density at radius 2 is 1.74 bits per heavy atom. The average molecular weight is 490 g/mol. The zero-order valence-corrected chi connectivity index (χ0v) is 20.7. The molecule has 1 fully saturated rings. The molecule has 1 aliphatic heterocycles. The Kier molecular flexibility index (Phi) is 7.52. The molecule has 0 spiro atoms. The van der Waals surface area contributed by atoms with Crippen molar-refractivity contribution in [2.75, 3.05) is 11.9 Å². The van der Waals surface area contributed by atoms with Crippen molar-refractivity contribution < 1.29 is 27.3 Å². The minimum atomic E-state index is -4.48. The maximum atomic E-state index is 12.3. The highest BCUT2D eigenvalue weighted by Crippen LogP contribution is 2.36. The summed E-state index contributed by atoms with van der Waals surface area (Å²) in [5.74, 6) is 0. The number of anilines is 1. The van der Waals surface area contributed by atoms with Gasteiger partial charge in [0.15, 0.2) is 0 Å². The largest absolute Gasteiger partial charge is 0.495 e. The quantitative estimate of drug-likeness (QED) is 0.505. The van der Waals surface area contributed by atoms with Gasteiger partial charge in [-0.05, 0) is 57.4 Å². The summed E-state index contributed by atoms with van der Waals surface area (Å²) >= 11 is 0. The first-order chi connectivity index (χ1) is 16.3. The van der Waals surface area contributed by atoms with Gasteiger partial charge in [0.25, 0.3) is 0 Å². The van der Waals surface area contributed by atoms with Gasteiger partial charge in [-0.15, -0.1) is 0 Å². The number of rotatable bonds is 4. The standard InChI is InChI=1S/C22H24BF3N4O3.C2H6/c1-20(2)21(3,4)33-23(32-20)15-8-9-30-17(12-27-18(30)11-15)14-6-5-7-16(10-14)29-19(31)28-13-22(24,25)26;1-2/h5-12H,13H2,1-4H3,(H2,28,29,31);1-2H3. The van der Waals surface area contributed by atoms with Crippen LogP contribution >= 0.6 is 0 Å². The Balaban J connectivity index is 0.00000167. The Morgan fingerprint density at radius 1 is 1.09 bits per heavy atom. The molecule has 2 N–H and O–H groups in total. The second-order valence-corrected chi connectivity index (χ2v) is 8.92. The predicted octanol–water partition coefficient (Wildman–Crippen LogP) is 5.01. The molecule has 2 aromatic heterocycles. The Labute approximate surface area is 203 Å². The predicted molar refractivity (Wildman–Crippen MR) is 131 cm³/mol. The van der Waals surface area contributed by atoms with E-state index in [1.54, 1.807) is 29.7 Å². The molecule has 0 unspecified atom stereocenters. The number of carbonyl (C=O) groups is 1. The van der Waals surface area contributed by atoms with Crippen LogP contribution in [0.3, 0.4) is 0 Å². The van der Waals surface area contributed by atoms with Gasteiger partial charge in [0.1, 0.15) is 12.2 Å². The third kappa shape index (κ3) is 5.97. The summed E-state index contributed by atoms with van der Waals surface area (Å²) in [5.41, 5.74) is 2.46. The molecule has 188 valence electrons. The van der Waals surface area contributed by atoms with Crippen LogP contribution in [0.4, 0.5) is 23.7 Å². The molecular formula is C24H30BF3N4O3. The first-order valence-corrected chi connectivity index (χ1v) is 11.4. The van der Waals surface area contributed by atoms with Crippen LogP contribution in [-0.4, -0.2) is 46.5 Å². The minimum Gasteiger partial charge on any atom is -0.399 e. The van der Waals surface area contributed by atoms with E-state index in [4.69, 9.17) is 9.31 Å². The Hall–Kier alpha value is -3.05. The van der Waals surface area contributed by atoms with Crippen LogP contribution in [0.1, 0.15) is 41.5 Å². The number of urea groups is 1. The van der Waals surface area contributed by atoms with Gasteiger partial charge >= 0.3 is 19.3 Å². The smallest absolute Gasteiger partial charge is 0.399 e. The van der Waals surface area contributed by atoms with E-state index in [0.29, 0.717) is 11.3 Å². The van der Waals surface area contributed by atoms with E-state index in [9.17, 15) is 18.0 Å². The van der Waals surface area contributed by atoms with Crippen LogP contribution in [0.25, 0.3) is 16.9 Å². The number of halogens is 3. The number of nitrogens with zero attached hydrogens (tertiary/aromatic N) is 2. The molecule has 0 aliphatic carbocycles. The molecule has 3 aromatic rings. The van der Waals surface area contributed by atoms with Gasteiger partial charge in [0.05, 0.1) is 23.1 Å². The van der Waals surface area contributed by atoms with E-state index in [1.165, 1.54) is 0 Å². The normalized spacial score (nSPS) is 16.5. The number of imidazole rings is 1. The first-order valence-electron chi connectivity index (χ1n) is 11.4. The summed E-state index contributed by atoms with van der Waals surface area (Å²) in [6.07, 6.45) is -0.936. The molecule has 35 heavy (non-hydrogen) atoms. The van der Waals surface area contributed by atoms with Crippen LogP contribution in [0.5, 0.6) is 0 Å². The van der Waals surface area contributed by atoms with Crippen molar-refractivity contribution in [3.05, 3.63) is 48.8 Å². The van der Waals surface area contributed by atoms with Crippen LogP contribution in [0.15, 0.2) is 48.8 Å². The van der Waals surface area contributed by atoms with Gasteiger partial charge in [0, 0.05) is 17.4 Å². The Morgan fingerprint density at radius 3 is 2.37 bits per heavy atom. The van der Waals surface area contributed by atoms with E-state index in [-0.39, 0.29) is 0 Å². The number of hydrogen-bond donors (Lipinski definition) is 2. The molecule has 2 amide bonds. The lowest BCUT2D eigenvalue weighted by Crippen LogP contribution is -2.41. The lowest BCUT2D eigenvalue weighted by Gasteiger charge is -2.32. The maximum Gasteiger partial charge on any atom is 0.495 e. The number of alkyl halides is 3. The number of amides is 2. The van der Waals surface area contributed by atoms with Crippen LogP contribution in [0, 0.1) is 0 Å². The van der Waals surface area contributed by atoms with Crippen molar-refractivity contribution in [1.29, 1.82) is 0 Å². The topological polar surface area (TPSA) is 76.9 Å². The van der Waals surface area contributed by atoms with Gasteiger partial charge in [-0.1, -0.05) is 26.0 Å². The van der Waals surface area contributed by atoms with E-state index in [2.05, 4.69) is 10.3 Å². The van der Waals surface area contributed by atoms with Crippen molar-refractivity contribution in [3.63, 3.8) is 0 Å². The lowest BCUT2D eigenvalue weighted by atomic mass is 9.80. The van der Waals surface area contributed by atoms with E-state index < -0.39 is 37.1 Å². The van der Waals surface area contributed by atoms with Gasteiger partial charge in [-0.3, -0.25) is 4.40 Å². The highest BCUT2D eigenvalue weighted by molar-refractivity contribution is 6.62. The fourth-order valence-corrected chi connectivity index (χ4v) is 3.45. The second-order valence-electron chi connectivity index (χ2n) is 8.92. The van der Waals surface area contributed by atoms with Gasteiger partial charge in [0.2, 0.25) is 0 Å². The molecule has 1 aliphatic rings. The maximum absolute atomic E-state index is 12.3. The Bertz CT molecular complexity index is 1180. The van der Waals surface area contributed by atoms with Crippen LogP contribution in [-0.2, 0) is 9.31 Å². The molecule has 4 rings (SSSR count). The molecule has 0 atom stereocenters. The number of nitrogens with one attached hydrogen (secondary N) is 2. The van der Waals surface area contributed by atoms with Gasteiger partial charge < -0.3 is 19.9 Å². The lowest BCUT2D eigenvalue weighted by molar-refractivity contribution is -0.122. The molecule has 7 nitrogen and oxygen atoms in total. The molecule has 3 heterocycles. The third-order valence-corrected chi connectivity index (χ3v) is 5.93. The highest BCUT2D eigenvalue weighted by atomic mass is 19.4. The molecule has 0 saturated carbocycles. The highest BCUT2D eigenvalue weighted by Gasteiger charge is 2.51. The molecular weight excluding hydrogens is 460 g/mol. The number of fused-ring (bicyclic) bond motifs is 1. The summed E-state index contributed by atoms with van der Waals surface area (Å²) in [7, 11) is -0.511. The SMILES string of the molecule is CC.CC1(C)OB(c2ccn3c(-c4cccc(NC(=O)NCC(F)(F)F)c4)cnc3c2)OC1(C)C. The van der Waals surface area contributed by atoms with Crippen LogP contribution < -0.4 is 16.1 Å². The van der Waals surface area contributed by atoms with Crippen molar-refractivity contribution in [2.45, 2.75) is 58.9 Å². The molecule has 1 saturated heterocycles. The van der Waals surface area contributed by atoms with E-state index >= 15 is 0 Å². The zero-order chi connectivity index (χ0) is 26.0. The minimum absolute atomic E-state index is 0.357. The van der Waals surface area contributed by atoms with Crippen molar-refractivity contribution >= 4 is 29.9 Å². The van der Waals surface area contributed by atoms with Crippen molar-refractivity contribution in [3.8, 4) is 11.3 Å². The number of pyridine rings is 1. The summed E-state index contributed by atoms with van der Waals surface area (Å²) in [6, 6.07) is 9.63. The average Bonchev–Trinajstić information content (AvgIpc) is 3.30. The van der Waals surface area contributed by atoms with Crippen molar-refractivity contribution in [1.82, 2.24) is 14.7 Å². The molecule has 1 aromatic carbocycles. The number of hydrogen-bond acceptors (Lipinski definition) is 4. The monoisotopic (exact) mass is 490 g/mol. The summed E-state index contributed by atoms with van der Waals surface area (Å²) in [4.78, 5) is 16.2. The number of carbonyl (C=O) groups excluding carboxylic acids is 1. The van der Waals surface area contributed by atoms with Gasteiger partial charge in [-0.2, -0.15) is 13.2 Å². The summed E-state index contributed by atoms with van der Waals surface area (Å²) < 4.78 is 51.0. The number of benzene rings is 1. The fraction of sp³-hybridized carbons (Fsp3) is 0.417. The molecule has 0 bridgehead atoms. The first kappa shape index (κ1) is 26.6. The zero-order valence-electron chi connectivity index (χ0n) is 20.7. The van der Waals surface area contributed by atoms with E-state index in [1.807, 2.05) is 70.3 Å². The molecule has 0 radical (unpaired) electrons. The van der Waals surface area contributed by atoms with Crippen LogP contribution in [0.2, 0.25) is 0 Å².